The smallest absolute Gasteiger partial charge is 0.270 e. The molecule has 2 saturated heterocycles. The van der Waals surface area contributed by atoms with Crippen LogP contribution in [0.4, 0.5) is 17.5 Å². The number of piperidine rings is 1. The minimum Gasteiger partial charge on any atom is -0.367 e. The number of thioether (sulfide) groups is 1. The van der Waals surface area contributed by atoms with E-state index in [0.29, 0.717) is 67.1 Å². The first-order valence-electron chi connectivity index (χ1n) is 19.4. The van der Waals surface area contributed by atoms with Gasteiger partial charge in [-0.3, -0.25) is 39.0 Å². The quantitative estimate of drug-likeness (QED) is 0.127. The van der Waals surface area contributed by atoms with Gasteiger partial charge in [0.25, 0.3) is 17.7 Å². The molecule has 2 N–H and O–H groups in total. The fraction of sp³-hybridized carbons (Fsp3) is 0.425. The van der Waals surface area contributed by atoms with E-state index >= 15 is 0 Å². The van der Waals surface area contributed by atoms with Gasteiger partial charge >= 0.3 is 0 Å². The van der Waals surface area contributed by atoms with Crippen LogP contribution in [0.2, 0.25) is 0 Å². The van der Waals surface area contributed by atoms with E-state index in [2.05, 4.69) is 30.1 Å². The van der Waals surface area contributed by atoms with Gasteiger partial charge in [-0.25, -0.2) is 9.97 Å². The van der Waals surface area contributed by atoms with Crippen molar-refractivity contribution >= 4 is 75.7 Å². The second-order valence-electron chi connectivity index (χ2n) is 15.0. The molecule has 1 unspecified atom stereocenters. The van der Waals surface area contributed by atoms with Gasteiger partial charge in [-0.2, -0.15) is 4.98 Å². The van der Waals surface area contributed by atoms with Crippen LogP contribution < -0.4 is 15.5 Å². The number of amides is 6. The Labute approximate surface area is 333 Å². The summed E-state index contributed by atoms with van der Waals surface area (Å²) in [6, 6.07) is 10.0. The van der Waals surface area contributed by atoms with Crippen molar-refractivity contribution in [3.8, 4) is 0 Å². The predicted molar refractivity (Wildman–Crippen MR) is 212 cm³/mol. The minimum absolute atomic E-state index is 0.0542. The van der Waals surface area contributed by atoms with E-state index in [1.165, 1.54) is 11.8 Å². The highest BCUT2D eigenvalue weighted by Gasteiger charge is 2.45. The van der Waals surface area contributed by atoms with Crippen LogP contribution in [-0.2, 0) is 14.4 Å². The van der Waals surface area contributed by atoms with E-state index in [4.69, 9.17) is 4.98 Å². The van der Waals surface area contributed by atoms with Crippen LogP contribution in [0.25, 0.3) is 11.0 Å². The average molecular weight is 793 g/mol. The second-order valence-corrected chi connectivity index (χ2v) is 16.1. The zero-order valence-corrected chi connectivity index (χ0v) is 32.7. The fourth-order valence-corrected chi connectivity index (χ4v) is 9.16. The molecular formula is C40H44N10O6S. The summed E-state index contributed by atoms with van der Waals surface area (Å²) in [6.07, 6.45) is 8.92. The highest BCUT2D eigenvalue weighted by Crippen LogP contribution is 2.36. The maximum Gasteiger partial charge on any atom is 0.270 e. The lowest BCUT2D eigenvalue weighted by molar-refractivity contribution is -0.136. The van der Waals surface area contributed by atoms with Crippen LogP contribution >= 0.6 is 11.8 Å². The number of rotatable bonds is 11. The summed E-state index contributed by atoms with van der Waals surface area (Å²) in [5.74, 6) is -0.549. The number of imide groups is 2. The first-order chi connectivity index (χ1) is 27.6. The normalized spacial score (nSPS) is 18.7. The van der Waals surface area contributed by atoms with Gasteiger partial charge in [-0.1, -0.05) is 18.9 Å². The average Bonchev–Trinajstić information content (AvgIpc) is 3.94. The molecule has 6 amide bonds. The Kier molecular flexibility index (Phi) is 10.7. The molecule has 1 aliphatic carbocycles. The zero-order chi connectivity index (χ0) is 39.8. The van der Waals surface area contributed by atoms with E-state index in [-0.39, 0.29) is 41.8 Å². The van der Waals surface area contributed by atoms with Crippen molar-refractivity contribution in [3.63, 3.8) is 0 Å². The third-order valence-corrected chi connectivity index (χ3v) is 12.2. The van der Waals surface area contributed by atoms with Crippen molar-refractivity contribution in [2.24, 2.45) is 0 Å². The van der Waals surface area contributed by atoms with Crippen molar-refractivity contribution in [2.75, 3.05) is 56.2 Å². The molecule has 6 heterocycles. The number of hydrogen-bond acceptors (Lipinski definition) is 12. The lowest BCUT2D eigenvalue weighted by atomic mass is 10.0. The molecule has 4 aromatic rings. The van der Waals surface area contributed by atoms with Crippen LogP contribution in [0.1, 0.15) is 88.6 Å². The molecule has 1 aromatic carbocycles. The molecule has 17 heteroatoms. The van der Waals surface area contributed by atoms with Crippen molar-refractivity contribution in [2.45, 2.75) is 68.3 Å². The Bertz CT molecular complexity index is 2260. The predicted octanol–water partition coefficient (Wildman–Crippen LogP) is 4.01. The molecule has 3 aromatic heterocycles. The number of aromatic nitrogens is 4. The molecule has 3 aliphatic heterocycles. The number of nitrogens with one attached hydrogen (secondary N) is 2. The summed E-state index contributed by atoms with van der Waals surface area (Å²) >= 11 is 1.41. The summed E-state index contributed by atoms with van der Waals surface area (Å²) in [7, 11) is 3.52. The highest BCUT2D eigenvalue weighted by atomic mass is 32.2. The molecule has 296 valence electrons. The number of carbonyl (C=O) groups excluding carboxylic acids is 6. The number of carbonyl (C=O) groups is 6. The number of hydrogen-bond donors (Lipinski definition) is 2. The van der Waals surface area contributed by atoms with Gasteiger partial charge in [0.1, 0.15) is 23.2 Å². The molecule has 1 saturated carbocycles. The van der Waals surface area contributed by atoms with Gasteiger partial charge in [0.2, 0.25) is 23.7 Å². The second kappa shape index (κ2) is 16.0. The van der Waals surface area contributed by atoms with Gasteiger partial charge in [0.15, 0.2) is 0 Å². The van der Waals surface area contributed by atoms with E-state index in [1.807, 2.05) is 23.1 Å². The maximum atomic E-state index is 13.4. The third kappa shape index (κ3) is 7.55. The molecule has 16 nitrogen and oxygen atoms in total. The lowest BCUT2D eigenvalue weighted by Gasteiger charge is -2.36. The Morgan fingerprint density at radius 3 is 2.46 bits per heavy atom. The Hall–Kier alpha value is -5.84. The summed E-state index contributed by atoms with van der Waals surface area (Å²) in [6.45, 7) is 2.49. The van der Waals surface area contributed by atoms with Crippen LogP contribution in [0.5, 0.6) is 0 Å². The van der Waals surface area contributed by atoms with Gasteiger partial charge in [0, 0.05) is 75.6 Å². The van der Waals surface area contributed by atoms with E-state index < -0.39 is 29.7 Å². The van der Waals surface area contributed by atoms with Crippen LogP contribution in [0.15, 0.2) is 53.7 Å². The lowest BCUT2D eigenvalue weighted by Crippen LogP contribution is -2.54. The summed E-state index contributed by atoms with van der Waals surface area (Å²) in [4.78, 5) is 98.0. The van der Waals surface area contributed by atoms with E-state index in [1.54, 1.807) is 49.6 Å². The number of benzene rings is 1. The van der Waals surface area contributed by atoms with Crippen LogP contribution in [0.3, 0.4) is 0 Å². The molecule has 8 rings (SSSR count). The summed E-state index contributed by atoms with van der Waals surface area (Å²) in [5.41, 5.74) is 2.83. The molecule has 0 radical (unpaired) electrons. The fourth-order valence-electron chi connectivity index (χ4n) is 8.14. The number of fused-ring (bicyclic) bond motifs is 2. The van der Waals surface area contributed by atoms with Crippen molar-refractivity contribution in [1.29, 1.82) is 0 Å². The van der Waals surface area contributed by atoms with Crippen molar-refractivity contribution < 1.29 is 28.8 Å². The minimum atomic E-state index is -1.02. The molecule has 1 atom stereocenters. The van der Waals surface area contributed by atoms with Crippen molar-refractivity contribution in [1.82, 2.24) is 39.5 Å². The number of piperazine rings is 1. The first-order valence-corrected chi connectivity index (χ1v) is 20.4. The Balaban J connectivity index is 0.820. The largest absolute Gasteiger partial charge is 0.367 e. The summed E-state index contributed by atoms with van der Waals surface area (Å²) in [5, 5.41) is 6.27. The Morgan fingerprint density at radius 1 is 0.947 bits per heavy atom. The molecule has 3 fully saturated rings. The standard InChI is InChI=1S/C40H44N10O6S/c1-46(2)38(55)29-21-24-22-42-40(45-35(24)49(29)25-7-3-4-8-25)43-31-14-12-26(23-41-31)47-16-18-48(19-17-47)33(52)11-6-20-57-30-10-5-9-27-34(30)39(56)50(37(27)54)28-13-15-32(51)44-36(28)53/h5,9-10,12,14,21-23,25,28H,3-4,6-8,11,13,15-20H2,1-2H3,(H,44,51,53)(H,41,42,43,45). The van der Waals surface area contributed by atoms with Gasteiger partial charge in [-0.15, -0.1) is 11.8 Å². The van der Waals surface area contributed by atoms with E-state index in [9.17, 15) is 28.8 Å². The molecular weight excluding hydrogens is 749 g/mol. The third-order valence-electron chi connectivity index (χ3n) is 11.1. The van der Waals surface area contributed by atoms with Crippen molar-refractivity contribution in [3.05, 3.63) is 65.6 Å². The van der Waals surface area contributed by atoms with Gasteiger partial charge in [-0.05, 0) is 61.8 Å². The van der Waals surface area contributed by atoms with E-state index in [0.717, 1.165) is 47.3 Å². The number of anilines is 3. The summed E-state index contributed by atoms with van der Waals surface area (Å²) < 4.78 is 2.08. The monoisotopic (exact) mass is 792 g/mol. The first kappa shape index (κ1) is 38.1. The van der Waals surface area contributed by atoms with Crippen LogP contribution in [0, 0.1) is 0 Å². The zero-order valence-electron chi connectivity index (χ0n) is 31.9. The molecule has 4 aliphatic rings. The molecule has 57 heavy (non-hydrogen) atoms. The van der Waals surface area contributed by atoms with Gasteiger partial charge in [0.05, 0.1) is 23.0 Å². The molecule has 0 spiro atoms. The van der Waals surface area contributed by atoms with Crippen LogP contribution in [-0.4, -0.2) is 122 Å². The molecule has 0 bridgehead atoms. The number of nitrogens with zero attached hydrogens (tertiary/aromatic N) is 8. The number of pyridine rings is 1. The highest BCUT2D eigenvalue weighted by molar-refractivity contribution is 7.99. The van der Waals surface area contributed by atoms with Gasteiger partial charge < -0.3 is 24.6 Å². The maximum absolute atomic E-state index is 13.4. The Morgan fingerprint density at radius 2 is 1.74 bits per heavy atom. The topological polar surface area (TPSA) is 183 Å². The SMILES string of the molecule is CN(C)C(=O)c1cc2cnc(Nc3ccc(N4CCN(C(=O)CCCSc5cccc6c5C(=O)N(C5CCC(=O)NC5=O)C6=O)CC4)cn3)nc2n1C1CCCC1.